The number of benzene rings is 1. The molecule has 0 bridgehead atoms. The molecule has 0 N–H and O–H groups in total. The average Bonchev–Trinajstić information content (AvgIpc) is 3.38. The topological polar surface area (TPSA) is 92.7 Å². The summed E-state index contributed by atoms with van der Waals surface area (Å²) >= 11 is 1.50. The van der Waals surface area contributed by atoms with E-state index in [0.29, 0.717) is 30.6 Å². The molecule has 1 aromatic carbocycles. The Bertz CT molecular complexity index is 1730. The second-order valence-corrected chi connectivity index (χ2v) is 15.2. The van der Waals surface area contributed by atoms with Gasteiger partial charge in [-0.05, 0) is 61.2 Å². The summed E-state index contributed by atoms with van der Waals surface area (Å²) in [5.74, 6) is 0.0826. The van der Waals surface area contributed by atoms with Crippen LogP contribution in [0.3, 0.4) is 0 Å². The number of hydrogen-bond donors (Lipinski definition) is 0. The molecule has 8 nitrogen and oxygen atoms in total. The van der Waals surface area contributed by atoms with E-state index >= 15 is 4.39 Å². The number of nitrogens with zero attached hydrogens (tertiary/aromatic N) is 4. The van der Waals surface area contributed by atoms with E-state index in [0.717, 1.165) is 53.5 Å². The fourth-order valence-electron chi connectivity index (χ4n) is 5.72. The summed E-state index contributed by atoms with van der Waals surface area (Å²) in [6.45, 7) is 5.16. The molecule has 2 aliphatic rings. The van der Waals surface area contributed by atoms with Crippen molar-refractivity contribution in [2.45, 2.75) is 37.5 Å². The Morgan fingerprint density at radius 2 is 1.79 bits per heavy atom. The number of halogens is 1. The van der Waals surface area contributed by atoms with Gasteiger partial charge in [0.1, 0.15) is 21.4 Å². The molecule has 226 valence electrons. The van der Waals surface area contributed by atoms with Crippen molar-refractivity contribution in [3.63, 3.8) is 0 Å². The zero-order valence-corrected chi connectivity index (χ0v) is 26.0. The predicted octanol–water partition coefficient (Wildman–Crippen LogP) is 5.36. The van der Waals surface area contributed by atoms with Gasteiger partial charge >= 0.3 is 0 Å². The van der Waals surface area contributed by atoms with Gasteiger partial charge < -0.3 is 9.64 Å². The number of aromatic nitrogens is 2. The van der Waals surface area contributed by atoms with Crippen molar-refractivity contribution in [1.29, 1.82) is 0 Å². The molecular formula is C32H35FN4O4S2. The van der Waals surface area contributed by atoms with Crippen molar-refractivity contribution in [2.75, 3.05) is 39.5 Å². The van der Waals surface area contributed by atoms with Gasteiger partial charge in [0.15, 0.2) is 11.6 Å². The number of Topliss-reactive ketones (excluding diaryl/α,β-unsaturated/α-hetero) is 1. The van der Waals surface area contributed by atoms with E-state index in [4.69, 9.17) is 9.72 Å². The zero-order valence-electron chi connectivity index (χ0n) is 24.3. The lowest BCUT2D eigenvalue weighted by Gasteiger charge is -2.33. The number of sulfone groups is 1. The van der Waals surface area contributed by atoms with Gasteiger partial charge in [0.25, 0.3) is 0 Å². The highest BCUT2D eigenvalue weighted by Crippen LogP contribution is 2.39. The lowest BCUT2D eigenvalue weighted by atomic mass is 9.80. The van der Waals surface area contributed by atoms with E-state index in [1.165, 1.54) is 29.2 Å². The van der Waals surface area contributed by atoms with Gasteiger partial charge in [-0.3, -0.25) is 19.7 Å². The number of piperazine rings is 1. The molecule has 0 amide bonds. The lowest BCUT2D eigenvalue weighted by molar-refractivity contribution is -0.119. The maximum absolute atomic E-state index is 15.1. The van der Waals surface area contributed by atoms with E-state index in [9.17, 15) is 13.2 Å². The Morgan fingerprint density at radius 3 is 2.49 bits per heavy atom. The third-order valence-corrected chi connectivity index (χ3v) is 11.1. The normalized spacial score (nSPS) is 19.8. The van der Waals surface area contributed by atoms with Gasteiger partial charge in [0.05, 0.1) is 26.0 Å². The molecule has 4 aromatic rings. The molecule has 1 saturated heterocycles. The van der Waals surface area contributed by atoms with Gasteiger partial charge in [0, 0.05) is 70.3 Å². The van der Waals surface area contributed by atoms with E-state index in [-0.39, 0.29) is 29.1 Å². The van der Waals surface area contributed by atoms with Gasteiger partial charge in [0.2, 0.25) is 0 Å². The molecule has 0 unspecified atom stereocenters. The third-order valence-electron chi connectivity index (χ3n) is 8.39. The molecule has 6 rings (SSSR count). The molecule has 2 fully saturated rings. The number of ketones is 1. The first-order valence-electron chi connectivity index (χ1n) is 14.5. The molecule has 3 aromatic heterocycles. The summed E-state index contributed by atoms with van der Waals surface area (Å²) in [5.41, 5.74) is 3.35. The summed E-state index contributed by atoms with van der Waals surface area (Å²) in [5, 5.41) is -0.340. The Morgan fingerprint density at radius 1 is 1.02 bits per heavy atom. The third kappa shape index (κ3) is 7.12. The van der Waals surface area contributed by atoms with Crippen LogP contribution >= 0.6 is 11.3 Å². The first-order valence-corrected chi connectivity index (χ1v) is 17.3. The second-order valence-electron chi connectivity index (χ2n) is 11.8. The van der Waals surface area contributed by atoms with Crippen LogP contribution in [-0.2, 0) is 27.6 Å². The number of carbonyl (C=O) groups is 1. The quantitative estimate of drug-likeness (QED) is 0.233. The summed E-state index contributed by atoms with van der Waals surface area (Å²) < 4.78 is 45.1. The second kappa shape index (κ2) is 12.4. The zero-order chi connectivity index (χ0) is 30.1. The summed E-state index contributed by atoms with van der Waals surface area (Å²) in [6.07, 6.45) is 6.27. The van der Waals surface area contributed by atoms with Crippen molar-refractivity contribution in [1.82, 2.24) is 19.8 Å². The van der Waals surface area contributed by atoms with Crippen molar-refractivity contribution in [2.24, 2.45) is 5.92 Å². The van der Waals surface area contributed by atoms with E-state index < -0.39 is 15.7 Å². The fraction of sp³-hybridized carbons (Fsp3) is 0.406. The Balaban J connectivity index is 1.09. The van der Waals surface area contributed by atoms with Crippen LogP contribution in [0.1, 0.15) is 30.4 Å². The number of ether oxygens (including phenoxy) is 1. The Labute approximate surface area is 255 Å². The van der Waals surface area contributed by atoms with Crippen molar-refractivity contribution >= 4 is 37.2 Å². The fourth-order valence-corrected chi connectivity index (χ4v) is 8.00. The van der Waals surface area contributed by atoms with Crippen LogP contribution < -0.4 is 4.74 Å². The Hall–Kier alpha value is -3.25. The maximum Gasteiger partial charge on any atom is 0.166 e. The molecular weight excluding hydrogens is 588 g/mol. The lowest BCUT2D eigenvalue weighted by Crippen LogP contribution is -2.43. The number of carbonyl (C=O) groups excluding carboxylic acids is 1. The first kappa shape index (κ1) is 29.8. The molecule has 4 heterocycles. The van der Waals surface area contributed by atoms with Crippen molar-refractivity contribution in [3.05, 3.63) is 71.8 Å². The van der Waals surface area contributed by atoms with Crippen LogP contribution in [0, 0.1) is 11.7 Å². The van der Waals surface area contributed by atoms with E-state index in [2.05, 4.69) is 27.9 Å². The van der Waals surface area contributed by atoms with Gasteiger partial charge in [-0.2, -0.15) is 0 Å². The van der Waals surface area contributed by atoms with Crippen LogP contribution in [0.15, 0.2) is 54.9 Å². The largest absolute Gasteiger partial charge is 0.453 e. The minimum Gasteiger partial charge on any atom is -0.453 e. The van der Waals surface area contributed by atoms with Crippen LogP contribution in [0.4, 0.5) is 4.39 Å². The summed E-state index contributed by atoms with van der Waals surface area (Å²) in [6, 6.07) is 12.4. The Kier molecular flexibility index (Phi) is 8.59. The maximum atomic E-state index is 15.1. The van der Waals surface area contributed by atoms with Crippen LogP contribution in [-0.4, -0.2) is 78.7 Å². The van der Waals surface area contributed by atoms with Crippen molar-refractivity contribution in [3.8, 4) is 22.1 Å². The number of thiophene rings is 1. The molecule has 0 radical (unpaired) electrons. The molecule has 0 spiro atoms. The highest BCUT2D eigenvalue weighted by atomic mass is 32.2. The van der Waals surface area contributed by atoms with Crippen LogP contribution in [0.25, 0.3) is 20.8 Å². The van der Waals surface area contributed by atoms with Crippen molar-refractivity contribution < 1.29 is 22.3 Å². The standard InChI is InChI=1S/C32H35FN4O4S2/c1-36-9-11-37(12-10-36)20-22-3-5-27(35-19-22)31-18-28-32(42-31)30(7-8-34-28)41-29-6-4-21(17-26(29)33)13-24(38)14-23-15-25(16-23)43(2,39)40/h3-8,17-19,23,25H,9-16,20H2,1-2H3. The highest BCUT2D eigenvalue weighted by molar-refractivity contribution is 7.91. The van der Waals surface area contributed by atoms with E-state index in [1.807, 2.05) is 18.3 Å². The predicted molar refractivity (Wildman–Crippen MR) is 167 cm³/mol. The summed E-state index contributed by atoms with van der Waals surface area (Å²) in [7, 11) is -0.895. The molecule has 1 aliphatic carbocycles. The number of hydrogen-bond acceptors (Lipinski definition) is 9. The highest BCUT2D eigenvalue weighted by Gasteiger charge is 2.36. The first-order chi connectivity index (χ1) is 20.6. The molecule has 0 atom stereocenters. The number of likely N-dealkylation sites (N-methyl/N-ethyl adjacent to an activating group) is 1. The number of fused-ring (bicyclic) bond motifs is 1. The minimum atomic E-state index is -3.05. The van der Waals surface area contributed by atoms with Gasteiger partial charge in [-0.15, -0.1) is 11.3 Å². The van der Waals surface area contributed by atoms with Gasteiger partial charge in [-0.25, -0.2) is 12.8 Å². The molecule has 1 saturated carbocycles. The molecule has 11 heteroatoms. The van der Waals surface area contributed by atoms with Crippen LogP contribution in [0.5, 0.6) is 11.5 Å². The number of pyridine rings is 2. The monoisotopic (exact) mass is 622 g/mol. The van der Waals surface area contributed by atoms with Gasteiger partial charge in [-0.1, -0.05) is 12.1 Å². The number of rotatable bonds is 10. The SMILES string of the molecule is CN1CCN(Cc2ccc(-c3cc4nccc(Oc5ccc(CC(=O)CC6CC(S(C)(=O)=O)C6)cc5F)c4s3)nc2)CC1. The van der Waals surface area contributed by atoms with Crippen LogP contribution in [0.2, 0.25) is 0 Å². The minimum absolute atomic E-state index is 0.0204. The molecule has 1 aliphatic heterocycles. The van der Waals surface area contributed by atoms with E-state index in [1.54, 1.807) is 24.4 Å². The molecule has 43 heavy (non-hydrogen) atoms. The smallest absolute Gasteiger partial charge is 0.166 e. The summed E-state index contributed by atoms with van der Waals surface area (Å²) in [4.78, 5) is 27.5. The average molecular weight is 623 g/mol.